The summed E-state index contributed by atoms with van der Waals surface area (Å²) < 4.78 is 4.87. The highest BCUT2D eigenvalue weighted by Crippen LogP contribution is 2.20. The van der Waals surface area contributed by atoms with E-state index in [4.69, 9.17) is 16.3 Å². The number of hydrogen-bond acceptors (Lipinski definition) is 5. The Morgan fingerprint density at radius 1 is 1.15 bits per heavy atom. The van der Waals surface area contributed by atoms with E-state index in [0.717, 1.165) is 31.4 Å². The number of methoxy groups -OCH3 is 1. The van der Waals surface area contributed by atoms with Gasteiger partial charge in [0.1, 0.15) is 6.04 Å². The van der Waals surface area contributed by atoms with Crippen LogP contribution in [0.5, 0.6) is 0 Å². The number of ether oxygens (including phenoxy) is 1. The van der Waals surface area contributed by atoms with Crippen LogP contribution in [0, 0.1) is 6.92 Å². The van der Waals surface area contributed by atoms with Crippen molar-refractivity contribution in [2.75, 3.05) is 19.0 Å². The molecular weight excluding hydrogens is 465 g/mol. The van der Waals surface area contributed by atoms with Gasteiger partial charge in [-0.2, -0.15) is 0 Å². The quantitative estimate of drug-likeness (QED) is 0.511. The SMILES string of the molecule is COC(=O)[C@H](Cc1ccc(NC(=O)[C@@H]2CCCCN2)cc1)NC(=O)c1c(C)cccc1Cl.Cl. The van der Waals surface area contributed by atoms with Crippen molar-refractivity contribution < 1.29 is 19.1 Å². The first kappa shape index (κ1) is 26.6. The summed E-state index contributed by atoms with van der Waals surface area (Å²) in [6.07, 6.45) is 3.19. The number of anilines is 1. The smallest absolute Gasteiger partial charge is 0.328 e. The number of hydrogen-bond donors (Lipinski definition) is 3. The summed E-state index contributed by atoms with van der Waals surface area (Å²) in [5, 5.41) is 9.18. The Balaban J connectivity index is 0.00000385. The molecule has 9 heteroatoms. The molecule has 2 aromatic carbocycles. The Morgan fingerprint density at radius 2 is 1.88 bits per heavy atom. The van der Waals surface area contributed by atoms with Crippen molar-refractivity contribution in [3.63, 3.8) is 0 Å². The van der Waals surface area contributed by atoms with Gasteiger partial charge in [0, 0.05) is 12.1 Å². The molecule has 0 saturated carbocycles. The van der Waals surface area contributed by atoms with Gasteiger partial charge < -0.3 is 20.7 Å². The molecule has 0 radical (unpaired) electrons. The monoisotopic (exact) mass is 493 g/mol. The molecule has 0 aliphatic carbocycles. The first-order chi connectivity index (χ1) is 15.4. The summed E-state index contributed by atoms with van der Waals surface area (Å²) in [5.74, 6) is -1.04. The Morgan fingerprint density at radius 3 is 2.48 bits per heavy atom. The zero-order valence-corrected chi connectivity index (χ0v) is 20.2. The summed E-state index contributed by atoms with van der Waals surface area (Å²) in [6.45, 7) is 2.63. The van der Waals surface area contributed by atoms with Crippen molar-refractivity contribution in [3.8, 4) is 0 Å². The summed E-state index contributed by atoms with van der Waals surface area (Å²) in [7, 11) is 1.28. The van der Waals surface area contributed by atoms with Crippen molar-refractivity contribution in [3.05, 3.63) is 64.2 Å². The minimum Gasteiger partial charge on any atom is -0.467 e. The van der Waals surface area contributed by atoms with Gasteiger partial charge >= 0.3 is 5.97 Å². The highest BCUT2D eigenvalue weighted by atomic mass is 35.5. The van der Waals surface area contributed by atoms with Gasteiger partial charge in [0.25, 0.3) is 5.91 Å². The van der Waals surface area contributed by atoms with Gasteiger partial charge in [-0.05, 0) is 55.6 Å². The molecule has 0 unspecified atom stereocenters. The number of amides is 2. The molecule has 0 spiro atoms. The highest BCUT2D eigenvalue weighted by molar-refractivity contribution is 6.34. The van der Waals surface area contributed by atoms with Gasteiger partial charge in [-0.3, -0.25) is 9.59 Å². The summed E-state index contributed by atoms with van der Waals surface area (Å²) in [5.41, 5.74) is 2.53. The zero-order valence-electron chi connectivity index (χ0n) is 18.7. The van der Waals surface area contributed by atoms with Crippen molar-refractivity contribution in [1.82, 2.24) is 10.6 Å². The number of carbonyl (C=O) groups excluding carboxylic acids is 3. The largest absolute Gasteiger partial charge is 0.467 e. The lowest BCUT2D eigenvalue weighted by Gasteiger charge is -2.22. The van der Waals surface area contributed by atoms with Gasteiger partial charge in [0.05, 0.1) is 23.7 Å². The average molecular weight is 494 g/mol. The number of aryl methyl sites for hydroxylation is 1. The maximum absolute atomic E-state index is 12.8. The third-order valence-corrected chi connectivity index (χ3v) is 5.84. The van der Waals surface area contributed by atoms with Gasteiger partial charge in [0.2, 0.25) is 5.91 Å². The molecule has 1 aliphatic heterocycles. The Labute approximate surface area is 205 Å². The molecule has 0 bridgehead atoms. The third-order valence-electron chi connectivity index (χ3n) is 5.53. The summed E-state index contributed by atoms with van der Waals surface area (Å²) >= 11 is 6.18. The van der Waals surface area contributed by atoms with Crippen LogP contribution in [0.1, 0.15) is 40.7 Å². The van der Waals surface area contributed by atoms with E-state index in [2.05, 4.69) is 16.0 Å². The minimum absolute atomic E-state index is 0. The molecule has 1 saturated heterocycles. The molecule has 2 atom stereocenters. The fourth-order valence-corrected chi connectivity index (χ4v) is 4.06. The number of nitrogens with one attached hydrogen (secondary N) is 3. The number of halogens is 2. The first-order valence-electron chi connectivity index (χ1n) is 10.7. The normalized spacial score (nSPS) is 16.2. The van der Waals surface area contributed by atoms with Crippen molar-refractivity contribution in [2.24, 2.45) is 0 Å². The van der Waals surface area contributed by atoms with E-state index >= 15 is 0 Å². The highest BCUT2D eigenvalue weighted by Gasteiger charge is 2.25. The van der Waals surface area contributed by atoms with E-state index in [-0.39, 0.29) is 30.8 Å². The lowest BCUT2D eigenvalue weighted by molar-refractivity contribution is -0.142. The predicted molar refractivity (Wildman–Crippen MR) is 131 cm³/mol. The molecule has 3 rings (SSSR count). The first-order valence-corrected chi connectivity index (χ1v) is 11.0. The zero-order chi connectivity index (χ0) is 23.1. The van der Waals surface area contributed by atoms with Crippen molar-refractivity contribution in [1.29, 1.82) is 0 Å². The van der Waals surface area contributed by atoms with Crippen LogP contribution in [0.4, 0.5) is 5.69 Å². The number of piperidine rings is 1. The van der Waals surface area contributed by atoms with Crippen LogP contribution in [-0.4, -0.2) is 43.5 Å². The molecule has 1 aliphatic rings. The maximum atomic E-state index is 12.8. The van der Waals surface area contributed by atoms with Gasteiger partial charge in [-0.1, -0.05) is 42.3 Å². The second kappa shape index (κ2) is 12.6. The van der Waals surface area contributed by atoms with Gasteiger partial charge in [0.15, 0.2) is 0 Å². The minimum atomic E-state index is -0.880. The Hall–Kier alpha value is -2.61. The molecule has 33 heavy (non-hydrogen) atoms. The number of carbonyl (C=O) groups is 3. The van der Waals surface area contributed by atoms with Crippen LogP contribution in [-0.2, 0) is 20.7 Å². The topological polar surface area (TPSA) is 96.5 Å². The number of esters is 1. The third kappa shape index (κ3) is 7.19. The molecule has 3 N–H and O–H groups in total. The van der Waals surface area contributed by atoms with E-state index in [9.17, 15) is 14.4 Å². The lowest BCUT2D eigenvalue weighted by Crippen LogP contribution is -2.43. The molecule has 178 valence electrons. The van der Waals surface area contributed by atoms with Crippen LogP contribution in [0.2, 0.25) is 5.02 Å². The van der Waals surface area contributed by atoms with Crippen LogP contribution in [0.25, 0.3) is 0 Å². The van der Waals surface area contributed by atoms with Crippen LogP contribution in [0.15, 0.2) is 42.5 Å². The fraction of sp³-hybridized carbons (Fsp3) is 0.375. The molecule has 2 aromatic rings. The molecular formula is C24H29Cl2N3O4. The van der Waals surface area contributed by atoms with E-state index in [0.29, 0.717) is 21.8 Å². The lowest BCUT2D eigenvalue weighted by atomic mass is 10.0. The molecule has 1 fully saturated rings. The van der Waals surface area contributed by atoms with Crippen molar-refractivity contribution >= 4 is 47.5 Å². The van der Waals surface area contributed by atoms with Crippen LogP contribution >= 0.6 is 24.0 Å². The second-order valence-corrected chi connectivity index (χ2v) is 8.28. The standard InChI is InChI=1S/C24H28ClN3O4.ClH/c1-15-6-5-7-18(25)21(15)23(30)28-20(24(31)32-2)14-16-9-11-17(12-10-16)27-22(29)19-8-3-4-13-26-19;/h5-7,9-12,19-20,26H,3-4,8,13-14H2,1-2H3,(H,27,29)(H,28,30);1H/t19-,20-;/m0./s1. The maximum Gasteiger partial charge on any atom is 0.328 e. The summed E-state index contributed by atoms with van der Waals surface area (Å²) in [6, 6.07) is 11.3. The molecule has 0 aromatic heterocycles. The van der Waals surface area contributed by atoms with Gasteiger partial charge in [-0.25, -0.2) is 4.79 Å². The Kier molecular flexibility index (Phi) is 10.2. The molecule has 2 amide bonds. The number of rotatable bonds is 7. The van der Waals surface area contributed by atoms with E-state index in [1.165, 1.54) is 7.11 Å². The van der Waals surface area contributed by atoms with E-state index in [1.807, 2.05) is 12.1 Å². The molecule has 7 nitrogen and oxygen atoms in total. The second-order valence-electron chi connectivity index (χ2n) is 7.87. The average Bonchev–Trinajstić information content (AvgIpc) is 2.79. The Bertz CT molecular complexity index is 956. The number of benzene rings is 2. The fourth-order valence-electron chi connectivity index (χ4n) is 3.75. The van der Waals surface area contributed by atoms with E-state index < -0.39 is 17.9 Å². The van der Waals surface area contributed by atoms with Gasteiger partial charge in [-0.15, -0.1) is 12.4 Å². The predicted octanol–water partition coefficient (Wildman–Crippen LogP) is 3.66. The van der Waals surface area contributed by atoms with Crippen LogP contribution in [0.3, 0.4) is 0 Å². The molecule has 1 heterocycles. The van der Waals surface area contributed by atoms with Crippen LogP contribution < -0.4 is 16.0 Å². The van der Waals surface area contributed by atoms with E-state index in [1.54, 1.807) is 37.3 Å². The van der Waals surface area contributed by atoms with Crippen molar-refractivity contribution in [2.45, 2.75) is 44.7 Å². The summed E-state index contributed by atoms with van der Waals surface area (Å²) in [4.78, 5) is 37.5.